The fraction of sp³-hybridized carbons (Fsp3) is 1.00. The van der Waals surface area contributed by atoms with Gasteiger partial charge in [0.05, 0.1) is 6.10 Å². The minimum Gasteiger partial charge on any atom is -0.379 e. The maximum absolute atomic E-state index is 5.80. The highest BCUT2D eigenvalue weighted by molar-refractivity contribution is 4.78. The Bertz CT molecular complexity index is 219. The van der Waals surface area contributed by atoms with Crippen molar-refractivity contribution in [2.75, 3.05) is 26.2 Å². The molecular weight excluding hydrogens is 222 g/mol. The van der Waals surface area contributed by atoms with Crippen molar-refractivity contribution in [1.29, 1.82) is 0 Å². The largest absolute Gasteiger partial charge is 0.379 e. The molecule has 0 radical (unpaired) electrons. The number of nitrogens with zero attached hydrogens (tertiary/aromatic N) is 1. The van der Waals surface area contributed by atoms with Crippen LogP contribution < -0.4 is 0 Å². The fourth-order valence-corrected chi connectivity index (χ4v) is 3.05. The Morgan fingerprint density at radius 1 is 1.11 bits per heavy atom. The van der Waals surface area contributed by atoms with E-state index in [0.717, 1.165) is 24.9 Å². The van der Waals surface area contributed by atoms with Crippen LogP contribution in [0.4, 0.5) is 0 Å². The summed E-state index contributed by atoms with van der Waals surface area (Å²) in [7, 11) is 0. The average Bonchev–Trinajstić information content (AvgIpc) is 2.35. The number of rotatable bonds is 7. The molecule has 0 spiro atoms. The van der Waals surface area contributed by atoms with Crippen LogP contribution in [0.1, 0.15) is 58.8 Å². The van der Waals surface area contributed by atoms with E-state index < -0.39 is 0 Å². The summed E-state index contributed by atoms with van der Waals surface area (Å²) in [6.45, 7) is 9.41. The van der Waals surface area contributed by atoms with Gasteiger partial charge in [-0.15, -0.1) is 0 Å². The Balaban J connectivity index is 1.52. The molecule has 0 amide bonds. The highest BCUT2D eigenvalue weighted by atomic mass is 16.5. The van der Waals surface area contributed by atoms with Gasteiger partial charge in [0, 0.05) is 13.2 Å². The molecule has 1 unspecified atom stereocenters. The van der Waals surface area contributed by atoms with Crippen molar-refractivity contribution in [3.05, 3.63) is 0 Å². The summed E-state index contributed by atoms with van der Waals surface area (Å²) in [5, 5.41) is 0. The van der Waals surface area contributed by atoms with Crippen molar-refractivity contribution in [2.24, 2.45) is 11.8 Å². The highest BCUT2D eigenvalue weighted by Gasteiger charge is 2.24. The second-order valence-corrected chi connectivity index (χ2v) is 6.42. The fourth-order valence-electron chi connectivity index (χ4n) is 3.05. The molecule has 0 N–H and O–H groups in total. The van der Waals surface area contributed by atoms with Crippen LogP contribution >= 0.6 is 0 Å². The van der Waals surface area contributed by atoms with Crippen molar-refractivity contribution in [1.82, 2.24) is 4.90 Å². The molecule has 1 atom stereocenters. The maximum atomic E-state index is 5.80. The molecule has 2 aliphatic rings. The van der Waals surface area contributed by atoms with Crippen molar-refractivity contribution < 1.29 is 4.74 Å². The minimum atomic E-state index is 0.448. The normalized spacial score (nSPS) is 25.0. The van der Waals surface area contributed by atoms with E-state index in [1.807, 2.05) is 0 Å². The molecule has 18 heavy (non-hydrogen) atoms. The molecule has 0 aromatic rings. The van der Waals surface area contributed by atoms with Gasteiger partial charge in [-0.05, 0) is 70.4 Å². The van der Waals surface area contributed by atoms with Crippen LogP contribution in [0.25, 0.3) is 0 Å². The molecule has 2 rings (SSSR count). The van der Waals surface area contributed by atoms with Crippen molar-refractivity contribution in [3.8, 4) is 0 Å². The van der Waals surface area contributed by atoms with E-state index in [9.17, 15) is 0 Å². The molecule has 2 fully saturated rings. The van der Waals surface area contributed by atoms with Crippen molar-refractivity contribution in [3.63, 3.8) is 0 Å². The summed E-state index contributed by atoms with van der Waals surface area (Å²) in [5.41, 5.74) is 0. The van der Waals surface area contributed by atoms with Crippen molar-refractivity contribution >= 4 is 0 Å². The highest BCUT2D eigenvalue weighted by Crippen LogP contribution is 2.29. The first kappa shape index (κ1) is 14.3. The van der Waals surface area contributed by atoms with Gasteiger partial charge in [0.2, 0.25) is 0 Å². The Labute approximate surface area is 113 Å². The number of likely N-dealkylation sites (tertiary alicyclic amines) is 1. The molecule has 1 heterocycles. The lowest BCUT2D eigenvalue weighted by Crippen LogP contribution is -2.38. The smallest absolute Gasteiger partial charge is 0.0544 e. The van der Waals surface area contributed by atoms with E-state index >= 15 is 0 Å². The summed E-state index contributed by atoms with van der Waals surface area (Å²) in [4.78, 5) is 2.70. The molecular formula is C16H31NO. The first-order valence-corrected chi connectivity index (χ1v) is 8.12. The Morgan fingerprint density at radius 2 is 1.83 bits per heavy atom. The first-order chi connectivity index (χ1) is 8.78. The number of hydrogen-bond donors (Lipinski definition) is 0. The Kier molecular flexibility index (Phi) is 5.97. The molecule has 2 nitrogen and oxygen atoms in total. The van der Waals surface area contributed by atoms with E-state index in [1.54, 1.807) is 0 Å². The van der Waals surface area contributed by atoms with Crippen LogP contribution in [0.5, 0.6) is 0 Å². The third kappa shape index (κ3) is 4.55. The zero-order valence-corrected chi connectivity index (χ0v) is 12.4. The number of ether oxygens (including phenoxy) is 1. The van der Waals surface area contributed by atoms with E-state index in [1.165, 1.54) is 58.2 Å². The van der Waals surface area contributed by atoms with E-state index in [2.05, 4.69) is 18.7 Å². The standard InChI is InChI=1S/C16H31NO/c1-3-14(2)18-12-9-15-7-10-17(11-8-15)13-16-5-4-6-16/h14-16H,3-13H2,1-2H3. The SMILES string of the molecule is CCC(C)OCCC1CCN(CC2CCC2)CC1. The summed E-state index contributed by atoms with van der Waals surface area (Å²) in [6.07, 6.45) is 10.1. The predicted octanol–water partition coefficient (Wildman–Crippen LogP) is 3.70. The van der Waals surface area contributed by atoms with Gasteiger partial charge >= 0.3 is 0 Å². The van der Waals surface area contributed by atoms with Crippen LogP contribution in [0.15, 0.2) is 0 Å². The third-order valence-corrected chi connectivity index (χ3v) is 4.95. The van der Waals surface area contributed by atoms with Gasteiger partial charge in [0.25, 0.3) is 0 Å². The Morgan fingerprint density at radius 3 is 2.39 bits per heavy atom. The van der Waals surface area contributed by atoms with Gasteiger partial charge < -0.3 is 9.64 Å². The van der Waals surface area contributed by atoms with Crippen LogP contribution in [0, 0.1) is 11.8 Å². The average molecular weight is 253 g/mol. The molecule has 106 valence electrons. The molecule has 1 aliphatic heterocycles. The lowest BCUT2D eigenvalue weighted by Gasteiger charge is -2.37. The second kappa shape index (κ2) is 7.49. The van der Waals surface area contributed by atoms with Crippen LogP contribution in [-0.4, -0.2) is 37.2 Å². The minimum absolute atomic E-state index is 0.448. The van der Waals surface area contributed by atoms with Crippen LogP contribution in [0.3, 0.4) is 0 Å². The summed E-state index contributed by atoms with van der Waals surface area (Å²) >= 11 is 0. The van der Waals surface area contributed by atoms with E-state index in [-0.39, 0.29) is 0 Å². The van der Waals surface area contributed by atoms with Crippen LogP contribution in [0.2, 0.25) is 0 Å². The maximum Gasteiger partial charge on any atom is 0.0544 e. The topological polar surface area (TPSA) is 12.5 Å². The van der Waals surface area contributed by atoms with Gasteiger partial charge in [0.15, 0.2) is 0 Å². The molecule has 0 aromatic carbocycles. The number of piperidine rings is 1. The number of hydrogen-bond acceptors (Lipinski definition) is 2. The van der Waals surface area contributed by atoms with Crippen LogP contribution in [-0.2, 0) is 4.74 Å². The first-order valence-electron chi connectivity index (χ1n) is 8.12. The zero-order chi connectivity index (χ0) is 12.8. The predicted molar refractivity (Wildman–Crippen MR) is 76.8 cm³/mol. The third-order valence-electron chi connectivity index (χ3n) is 4.95. The Hall–Kier alpha value is -0.0800. The second-order valence-electron chi connectivity index (χ2n) is 6.42. The quantitative estimate of drug-likeness (QED) is 0.686. The van der Waals surface area contributed by atoms with Gasteiger partial charge in [-0.1, -0.05) is 13.3 Å². The van der Waals surface area contributed by atoms with Crippen molar-refractivity contribution in [2.45, 2.75) is 64.9 Å². The molecule has 1 aliphatic carbocycles. The molecule has 0 aromatic heterocycles. The monoisotopic (exact) mass is 253 g/mol. The van der Waals surface area contributed by atoms with Gasteiger partial charge in [-0.3, -0.25) is 0 Å². The molecule has 1 saturated heterocycles. The lowest BCUT2D eigenvalue weighted by atomic mass is 9.84. The summed E-state index contributed by atoms with van der Waals surface area (Å²) in [6, 6.07) is 0. The molecule has 1 saturated carbocycles. The van der Waals surface area contributed by atoms with Gasteiger partial charge in [0.1, 0.15) is 0 Å². The van der Waals surface area contributed by atoms with E-state index in [4.69, 9.17) is 4.74 Å². The summed E-state index contributed by atoms with van der Waals surface area (Å²) in [5.74, 6) is 1.96. The molecule has 2 heteroatoms. The van der Waals surface area contributed by atoms with Gasteiger partial charge in [-0.25, -0.2) is 0 Å². The summed E-state index contributed by atoms with van der Waals surface area (Å²) < 4.78 is 5.80. The molecule has 0 bridgehead atoms. The van der Waals surface area contributed by atoms with Gasteiger partial charge in [-0.2, -0.15) is 0 Å². The lowest BCUT2D eigenvalue weighted by molar-refractivity contribution is 0.0448. The van der Waals surface area contributed by atoms with E-state index in [0.29, 0.717) is 6.10 Å². The zero-order valence-electron chi connectivity index (χ0n) is 12.4.